The van der Waals surface area contributed by atoms with E-state index in [2.05, 4.69) is 29.7 Å². The van der Waals surface area contributed by atoms with Crippen molar-refractivity contribution in [1.29, 1.82) is 0 Å². The number of hydroxylamine groups is 1. The van der Waals surface area contributed by atoms with Crippen LogP contribution < -0.4 is 5.48 Å². The monoisotopic (exact) mass is 195 g/mol. The van der Waals surface area contributed by atoms with Crippen LogP contribution in [0.3, 0.4) is 0 Å². The van der Waals surface area contributed by atoms with Gasteiger partial charge in [-0.2, -0.15) is 0 Å². The quantitative estimate of drug-likeness (QED) is 0.746. The number of thioether (sulfide) groups is 1. The maximum Gasteiger partial charge on any atom is 0.0572 e. The fourth-order valence-corrected chi connectivity index (χ4v) is 2.84. The maximum absolute atomic E-state index is 4.86. The van der Waals surface area contributed by atoms with E-state index >= 15 is 0 Å². The van der Waals surface area contributed by atoms with Crippen molar-refractivity contribution in [1.82, 2.24) is 5.48 Å². The summed E-state index contributed by atoms with van der Waals surface area (Å²) in [7, 11) is 1.66. The lowest BCUT2D eigenvalue weighted by molar-refractivity contribution is 0.0886. The summed E-state index contributed by atoms with van der Waals surface area (Å²) in [6, 6.07) is 8.59. The molecule has 1 unspecified atom stereocenters. The molecule has 3 heteroatoms. The van der Waals surface area contributed by atoms with E-state index in [1.807, 2.05) is 11.8 Å². The molecule has 1 aliphatic heterocycles. The minimum atomic E-state index is 0.598. The van der Waals surface area contributed by atoms with Crippen LogP contribution in [0.5, 0.6) is 0 Å². The summed E-state index contributed by atoms with van der Waals surface area (Å²) in [5, 5.41) is 0. The first-order valence-electron chi connectivity index (χ1n) is 4.39. The first kappa shape index (κ1) is 9.06. The van der Waals surface area contributed by atoms with E-state index in [0.29, 0.717) is 5.92 Å². The van der Waals surface area contributed by atoms with Crippen molar-refractivity contribution in [2.45, 2.75) is 10.8 Å². The van der Waals surface area contributed by atoms with Gasteiger partial charge in [0.2, 0.25) is 0 Å². The Morgan fingerprint density at radius 3 is 3.23 bits per heavy atom. The molecule has 2 rings (SSSR count). The van der Waals surface area contributed by atoms with Gasteiger partial charge in [0.15, 0.2) is 0 Å². The van der Waals surface area contributed by atoms with E-state index in [1.165, 1.54) is 10.5 Å². The molecule has 1 aliphatic rings. The molecule has 2 nitrogen and oxygen atoms in total. The van der Waals surface area contributed by atoms with Gasteiger partial charge in [-0.25, -0.2) is 5.48 Å². The van der Waals surface area contributed by atoms with Crippen LogP contribution in [0.2, 0.25) is 0 Å². The molecule has 0 aromatic heterocycles. The Hall–Kier alpha value is -0.510. The van der Waals surface area contributed by atoms with E-state index in [4.69, 9.17) is 4.84 Å². The Labute approximate surface area is 82.6 Å². The highest BCUT2D eigenvalue weighted by Crippen LogP contribution is 2.38. The molecule has 0 saturated heterocycles. The van der Waals surface area contributed by atoms with E-state index in [-0.39, 0.29) is 0 Å². The smallest absolute Gasteiger partial charge is 0.0572 e. The summed E-state index contributed by atoms with van der Waals surface area (Å²) < 4.78 is 0. The van der Waals surface area contributed by atoms with Crippen molar-refractivity contribution in [2.75, 3.05) is 19.4 Å². The minimum absolute atomic E-state index is 0.598. The van der Waals surface area contributed by atoms with Crippen LogP contribution in [-0.2, 0) is 4.84 Å². The zero-order valence-corrected chi connectivity index (χ0v) is 8.43. The van der Waals surface area contributed by atoms with Crippen LogP contribution >= 0.6 is 11.8 Å². The van der Waals surface area contributed by atoms with Gasteiger partial charge >= 0.3 is 0 Å². The molecule has 70 valence electrons. The van der Waals surface area contributed by atoms with E-state index in [0.717, 1.165) is 12.3 Å². The van der Waals surface area contributed by atoms with Gasteiger partial charge in [-0.05, 0) is 11.6 Å². The van der Waals surface area contributed by atoms with Gasteiger partial charge in [0.25, 0.3) is 0 Å². The number of rotatable bonds is 3. The van der Waals surface area contributed by atoms with Gasteiger partial charge in [0.05, 0.1) is 7.11 Å². The van der Waals surface area contributed by atoms with E-state index < -0.39 is 0 Å². The van der Waals surface area contributed by atoms with Gasteiger partial charge in [-0.15, -0.1) is 11.8 Å². The predicted molar refractivity (Wildman–Crippen MR) is 54.9 cm³/mol. The molecule has 0 fully saturated rings. The van der Waals surface area contributed by atoms with Gasteiger partial charge in [-0.1, -0.05) is 18.2 Å². The van der Waals surface area contributed by atoms with Crippen molar-refractivity contribution < 1.29 is 4.84 Å². The molecule has 0 bridgehead atoms. The van der Waals surface area contributed by atoms with Crippen LogP contribution in [0.15, 0.2) is 29.2 Å². The van der Waals surface area contributed by atoms with Gasteiger partial charge in [0, 0.05) is 23.1 Å². The number of fused-ring (bicyclic) bond motifs is 1. The summed E-state index contributed by atoms with van der Waals surface area (Å²) in [6.07, 6.45) is 0. The number of hydrogen-bond donors (Lipinski definition) is 1. The van der Waals surface area contributed by atoms with Crippen LogP contribution in [0.4, 0.5) is 0 Å². The number of nitrogens with one attached hydrogen (secondary N) is 1. The molecule has 0 saturated carbocycles. The maximum atomic E-state index is 4.86. The second-order valence-electron chi connectivity index (χ2n) is 3.10. The third-order valence-corrected chi connectivity index (χ3v) is 3.52. The summed E-state index contributed by atoms with van der Waals surface area (Å²) >= 11 is 1.93. The molecule has 0 amide bonds. The fraction of sp³-hybridized carbons (Fsp3) is 0.400. The van der Waals surface area contributed by atoms with Gasteiger partial charge in [-0.3, -0.25) is 0 Å². The van der Waals surface area contributed by atoms with Gasteiger partial charge in [0.1, 0.15) is 0 Å². The van der Waals surface area contributed by atoms with Gasteiger partial charge < -0.3 is 4.84 Å². The molecule has 0 spiro atoms. The van der Waals surface area contributed by atoms with Crippen molar-refractivity contribution in [3.05, 3.63) is 29.8 Å². The predicted octanol–water partition coefficient (Wildman–Crippen LogP) is 2.03. The molecular formula is C10H13NOS. The molecule has 1 heterocycles. The molecule has 1 atom stereocenters. The highest BCUT2D eigenvalue weighted by molar-refractivity contribution is 7.99. The zero-order chi connectivity index (χ0) is 9.10. The molecule has 0 radical (unpaired) electrons. The molecule has 1 aromatic rings. The fourth-order valence-electron chi connectivity index (χ4n) is 1.58. The van der Waals surface area contributed by atoms with E-state index in [1.54, 1.807) is 7.11 Å². The Morgan fingerprint density at radius 1 is 1.54 bits per heavy atom. The molecule has 0 aliphatic carbocycles. The largest absolute Gasteiger partial charge is 0.305 e. The van der Waals surface area contributed by atoms with Crippen molar-refractivity contribution in [2.24, 2.45) is 0 Å². The lowest BCUT2D eigenvalue weighted by Gasteiger charge is -2.09. The Balaban J connectivity index is 2.09. The van der Waals surface area contributed by atoms with Crippen molar-refractivity contribution in [3.63, 3.8) is 0 Å². The third kappa shape index (κ3) is 1.88. The summed E-state index contributed by atoms with van der Waals surface area (Å²) in [5.74, 6) is 1.76. The Morgan fingerprint density at radius 2 is 2.38 bits per heavy atom. The van der Waals surface area contributed by atoms with Crippen LogP contribution in [0.1, 0.15) is 11.5 Å². The standard InChI is InChI=1S/C10H13NOS/c1-12-11-6-8-7-13-10-5-3-2-4-9(8)10/h2-5,8,11H,6-7H2,1H3. The lowest BCUT2D eigenvalue weighted by Crippen LogP contribution is -2.20. The Kier molecular flexibility index (Phi) is 2.88. The highest BCUT2D eigenvalue weighted by Gasteiger charge is 2.21. The second kappa shape index (κ2) is 4.13. The summed E-state index contributed by atoms with van der Waals surface area (Å²) in [4.78, 5) is 6.28. The highest BCUT2D eigenvalue weighted by atomic mass is 32.2. The number of hydrogen-bond acceptors (Lipinski definition) is 3. The third-order valence-electron chi connectivity index (χ3n) is 2.27. The minimum Gasteiger partial charge on any atom is -0.305 e. The number of benzene rings is 1. The summed E-state index contributed by atoms with van der Waals surface area (Å²) in [5.41, 5.74) is 4.37. The average molecular weight is 195 g/mol. The Bertz CT molecular complexity index is 290. The first-order valence-corrected chi connectivity index (χ1v) is 5.38. The van der Waals surface area contributed by atoms with Crippen LogP contribution in [-0.4, -0.2) is 19.4 Å². The molecule has 1 N–H and O–H groups in total. The van der Waals surface area contributed by atoms with Crippen molar-refractivity contribution in [3.8, 4) is 0 Å². The van der Waals surface area contributed by atoms with Crippen LogP contribution in [0, 0.1) is 0 Å². The van der Waals surface area contributed by atoms with Crippen LogP contribution in [0.25, 0.3) is 0 Å². The molecule has 13 heavy (non-hydrogen) atoms. The van der Waals surface area contributed by atoms with Crippen molar-refractivity contribution >= 4 is 11.8 Å². The lowest BCUT2D eigenvalue weighted by atomic mass is 10.0. The SMILES string of the molecule is CONCC1CSc2ccccc21. The molecule has 1 aromatic carbocycles. The average Bonchev–Trinajstić information content (AvgIpc) is 2.58. The first-order chi connectivity index (χ1) is 6.42. The zero-order valence-electron chi connectivity index (χ0n) is 7.62. The normalized spacial score (nSPS) is 20.2. The topological polar surface area (TPSA) is 21.3 Å². The molecular weight excluding hydrogens is 182 g/mol. The second-order valence-corrected chi connectivity index (χ2v) is 4.16. The van der Waals surface area contributed by atoms with E-state index in [9.17, 15) is 0 Å². The summed E-state index contributed by atoms with van der Waals surface area (Å²) in [6.45, 7) is 0.903.